The van der Waals surface area contributed by atoms with Gasteiger partial charge < -0.3 is 9.72 Å². The standard InChI is InChI=1S/C13H16N4O2S/c1-9-15-10(6-12(18)16-9)11-8-19-4-3-17(11)7-13-14-2-5-20-13/h2,5-6,11H,3-4,7-8H2,1H3,(H,15,16,18). The summed E-state index contributed by atoms with van der Waals surface area (Å²) in [5.41, 5.74) is 0.648. The number of rotatable bonds is 3. The Morgan fingerprint density at radius 3 is 3.25 bits per heavy atom. The van der Waals surface area contributed by atoms with Crippen molar-refractivity contribution in [2.24, 2.45) is 0 Å². The van der Waals surface area contributed by atoms with Crippen molar-refractivity contribution < 1.29 is 4.74 Å². The summed E-state index contributed by atoms with van der Waals surface area (Å²) in [7, 11) is 0. The number of nitrogens with one attached hydrogen (secondary N) is 1. The highest BCUT2D eigenvalue weighted by Gasteiger charge is 2.26. The Balaban J connectivity index is 1.86. The fourth-order valence-corrected chi connectivity index (χ4v) is 3.02. The number of thiazole rings is 1. The van der Waals surface area contributed by atoms with Crippen LogP contribution in [0.2, 0.25) is 0 Å². The van der Waals surface area contributed by atoms with Gasteiger partial charge >= 0.3 is 0 Å². The van der Waals surface area contributed by atoms with Gasteiger partial charge in [-0.1, -0.05) is 0 Å². The van der Waals surface area contributed by atoms with Crippen LogP contribution in [-0.2, 0) is 11.3 Å². The number of ether oxygens (including phenoxy) is 1. The van der Waals surface area contributed by atoms with Crippen LogP contribution >= 0.6 is 11.3 Å². The molecule has 1 aliphatic heterocycles. The molecule has 20 heavy (non-hydrogen) atoms. The number of aromatic amines is 1. The van der Waals surface area contributed by atoms with Crippen molar-refractivity contribution in [2.45, 2.75) is 19.5 Å². The molecule has 6 nitrogen and oxygen atoms in total. The molecule has 1 N–H and O–H groups in total. The van der Waals surface area contributed by atoms with E-state index >= 15 is 0 Å². The third-order valence-corrected chi connectivity index (χ3v) is 4.05. The van der Waals surface area contributed by atoms with Gasteiger partial charge in [0.05, 0.1) is 31.5 Å². The Kier molecular flexibility index (Phi) is 3.90. The maximum atomic E-state index is 11.6. The second-order valence-corrected chi connectivity index (χ2v) is 5.72. The van der Waals surface area contributed by atoms with E-state index in [0.29, 0.717) is 19.0 Å². The molecule has 0 aliphatic carbocycles. The number of nitrogens with zero attached hydrogens (tertiary/aromatic N) is 3. The monoisotopic (exact) mass is 292 g/mol. The van der Waals surface area contributed by atoms with E-state index < -0.39 is 0 Å². The maximum Gasteiger partial charge on any atom is 0.251 e. The summed E-state index contributed by atoms with van der Waals surface area (Å²) in [5, 5.41) is 3.04. The zero-order valence-corrected chi connectivity index (χ0v) is 12.0. The van der Waals surface area contributed by atoms with E-state index in [2.05, 4.69) is 19.9 Å². The highest BCUT2D eigenvalue weighted by Crippen LogP contribution is 2.24. The smallest absolute Gasteiger partial charge is 0.251 e. The van der Waals surface area contributed by atoms with Gasteiger partial charge in [-0.3, -0.25) is 9.69 Å². The maximum absolute atomic E-state index is 11.6. The van der Waals surface area contributed by atoms with E-state index in [1.54, 1.807) is 24.3 Å². The van der Waals surface area contributed by atoms with Crippen LogP contribution in [0.4, 0.5) is 0 Å². The fourth-order valence-electron chi connectivity index (χ4n) is 2.38. The van der Waals surface area contributed by atoms with E-state index in [1.165, 1.54) is 0 Å². The summed E-state index contributed by atoms with van der Waals surface area (Å²) in [6.45, 7) is 4.63. The van der Waals surface area contributed by atoms with Gasteiger partial charge in [0.25, 0.3) is 5.56 Å². The van der Waals surface area contributed by atoms with Gasteiger partial charge in [-0.05, 0) is 6.92 Å². The molecular weight excluding hydrogens is 276 g/mol. The second kappa shape index (κ2) is 5.82. The molecule has 1 fully saturated rings. The number of morpholine rings is 1. The Morgan fingerprint density at radius 2 is 2.50 bits per heavy atom. The molecule has 0 bridgehead atoms. The van der Waals surface area contributed by atoms with Crippen LogP contribution in [-0.4, -0.2) is 39.6 Å². The van der Waals surface area contributed by atoms with Crippen LogP contribution < -0.4 is 5.56 Å². The lowest BCUT2D eigenvalue weighted by Crippen LogP contribution is -2.40. The molecule has 0 spiro atoms. The van der Waals surface area contributed by atoms with Crippen LogP contribution in [0.25, 0.3) is 0 Å². The number of hydrogen-bond donors (Lipinski definition) is 1. The van der Waals surface area contributed by atoms with Crippen molar-refractivity contribution in [1.29, 1.82) is 0 Å². The summed E-state index contributed by atoms with van der Waals surface area (Å²) in [6, 6.07) is 1.56. The third-order valence-electron chi connectivity index (χ3n) is 3.28. The molecule has 1 aliphatic rings. The lowest BCUT2D eigenvalue weighted by atomic mass is 10.1. The van der Waals surface area contributed by atoms with Crippen LogP contribution in [0.15, 0.2) is 22.4 Å². The minimum absolute atomic E-state index is 0.00801. The number of aromatic nitrogens is 3. The SMILES string of the molecule is Cc1nc(C2COCCN2Cc2nccs2)cc(=O)[nH]1. The summed E-state index contributed by atoms with van der Waals surface area (Å²) in [5.74, 6) is 0.632. The number of aryl methyl sites for hydroxylation is 1. The normalized spacial score (nSPS) is 20.1. The first-order valence-electron chi connectivity index (χ1n) is 6.50. The molecule has 3 rings (SSSR count). The largest absolute Gasteiger partial charge is 0.378 e. The Labute approximate surface area is 120 Å². The van der Waals surface area contributed by atoms with Crippen LogP contribution in [0, 0.1) is 6.92 Å². The van der Waals surface area contributed by atoms with Crippen molar-refractivity contribution in [3.05, 3.63) is 44.5 Å². The summed E-state index contributed by atoms with van der Waals surface area (Å²) < 4.78 is 5.55. The van der Waals surface area contributed by atoms with E-state index in [0.717, 1.165) is 23.8 Å². The number of H-pyrrole nitrogens is 1. The molecule has 0 aromatic carbocycles. The van der Waals surface area contributed by atoms with Crippen molar-refractivity contribution in [2.75, 3.05) is 19.8 Å². The van der Waals surface area contributed by atoms with Gasteiger partial charge in [0.15, 0.2) is 0 Å². The average Bonchev–Trinajstić information content (AvgIpc) is 2.91. The summed E-state index contributed by atoms with van der Waals surface area (Å²) in [4.78, 5) is 25.3. The molecule has 1 unspecified atom stereocenters. The van der Waals surface area contributed by atoms with E-state index in [4.69, 9.17) is 4.74 Å². The van der Waals surface area contributed by atoms with Crippen molar-refractivity contribution in [1.82, 2.24) is 19.9 Å². The lowest BCUT2D eigenvalue weighted by molar-refractivity contribution is -0.0144. The van der Waals surface area contributed by atoms with Gasteiger partial charge in [0.1, 0.15) is 10.8 Å². The molecule has 1 atom stereocenters. The van der Waals surface area contributed by atoms with Gasteiger partial charge in [-0.25, -0.2) is 9.97 Å². The Hall–Kier alpha value is -1.57. The van der Waals surface area contributed by atoms with Gasteiger partial charge in [0.2, 0.25) is 0 Å². The van der Waals surface area contributed by atoms with Crippen LogP contribution in [0.1, 0.15) is 22.6 Å². The van der Waals surface area contributed by atoms with Gasteiger partial charge in [-0.2, -0.15) is 0 Å². The molecule has 2 aromatic rings. The zero-order valence-electron chi connectivity index (χ0n) is 11.2. The molecule has 7 heteroatoms. The molecule has 1 saturated heterocycles. The molecule has 3 heterocycles. The van der Waals surface area contributed by atoms with Gasteiger partial charge in [0, 0.05) is 24.2 Å². The molecule has 0 radical (unpaired) electrons. The van der Waals surface area contributed by atoms with E-state index in [1.807, 2.05) is 11.6 Å². The highest BCUT2D eigenvalue weighted by atomic mass is 32.1. The predicted octanol–water partition coefficient (Wildman–Crippen LogP) is 1.11. The van der Waals surface area contributed by atoms with Crippen LogP contribution in [0.3, 0.4) is 0 Å². The molecule has 2 aromatic heterocycles. The zero-order chi connectivity index (χ0) is 13.9. The molecule has 0 amide bonds. The first-order chi connectivity index (χ1) is 9.72. The average molecular weight is 292 g/mol. The molecule has 0 saturated carbocycles. The molecule has 106 valence electrons. The first kappa shape index (κ1) is 13.4. The van der Waals surface area contributed by atoms with E-state index in [-0.39, 0.29) is 11.6 Å². The Morgan fingerprint density at radius 1 is 1.60 bits per heavy atom. The summed E-state index contributed by atoms with van der Waals surface area (Å²) >= 11 is 1.64. The topological polar surface area (TPSA) is 71.1 Å². The first-order valence-corrected chi connectivity index (χ1v) is 7.38. The number of hydrogen-bond acceptors (Lipinski definition) is 6. The Bertz CT molecular complexity index is 626. The minimum atomic E-state index is -0.118. The lowest BCUT2D eigenvalue weighted by Gasteiger charge is -2.34. The second-order valence-electron chi connectivity index (χ2n) is 4.74. The minimum Gasteiger partial charge on any atom is -0.378 e. The van der Waals surface area contributed by atoms with Crippen molar-refractivity contribution >= 4 is 11.3 Å². The fraction of sp³-hybridized carbons (Fsp3) is 0.462. The third kappa shape index (κ3) is 2.95. The quantitative estimate of drug-likeness (QED) is 0.917. The summed E-state index contributed by atoms with van der Waals surface area (Å²) in [6.07, 6.45) is 1.81. The van der Waals surface area contributed by atoms with Crippen molar-refractivity contribution in [3.8, 4) is 0 Å². The van der Waals surface area contributed by atoms with Crippen molar-refractivity contribution in [3.63, 3.8) is 0 Å². The van der Waals surface area contributed by atoms with E-state index in [9.17, 15) is 4.79 Å². The molecular formula is C13H16N4O2S. The van der Waals surface area contributed by atoms with Crippen LogP contribution in [0.5, 0.6) is 0 Å². The highest BCUT2D eigenvalue weighted by molar-refractivity contribution is 7.09. The predicted molar refractivity (Wildman–Crippen MR) is 75.7 cm³/mol. The van der Waals surface area contributed by atoms with Gasteiger partial charge in [-0.15, -0.1) is 11.3 Å².